The number of aliphatic imine (C=N–C) groups is 2. The third-order valence-corrected chi connectivity index (χ3v) is 7.59. The first-order valence-corrected chi connectivity index (χ1v) is 14.7. The van der Waals surface area contributed by atoms with Crippen molar-refractivity contribution in [2.24, 2.45) is 9.98 Å². The number of rotatable bonds is 12. The molecule has 0 saturated carbocycles. The SMILES string of the molecule is C=CC(=O)Nc1cc(NC(/C=C(\N=C)OC2Cc3cc4ccc(=O)oc4cc3OC2(C)C)=N/C)c(OC)cc1N(C)CCN(C)C. The van der Waals surface area contributed by atoms with E-state index in [1.165, 1.54) is 12.1 Å². The standard InChI is InChI=1S/C34H42N6O6/c1-10-31(41)38-23-17-24(28(43-9)18-25(23)40(8)14-13-39(6)7)37-30(35-4)20-32(36-5)45-29-16-22-15-21-11-12-33(42)44-26(21)19-27(22)46-34(29,2)3/h10-12,15,17-20,29H,1,5,13-14,16H2,2-4,6-9H3,(H,35,37)(H,38,41)/b32-20+. The molecule has 0 spiro atoms. The Morgan fingerprint density at radius 1 is 1.13 bits per heavy atom. The lowest BCUT2D eigenvalue weighted by molar-refractivity contribution is -0.111. The second-order valence-corrected chi connectivity index (χ2v) is 11.6. The predicted octanol–water partition coefficient (Wildman–Crippen LogP) is 4.71. The highest BCUT2D eigenvalue weighted by Crippen LogP contribution is 2.39. The Labute approximate surface area is 269 Å². The number of carbonyl (C=O) groups excluding carboxylic acids is 1. The number of hydrogen-bond acceptors (Lipinski definition) is 10. The van der Waals surface area contributed by atoms with E-state index in [-0.39, 0.29) is 11.8 Å². The smallest absolute Gasteiger partial charge is 0.336 e. The summed E-state index contributed by atoms with van der Waals surface area (Å²) < 4.78 is 23.7. The molecule has 2 heterocycles. The molecule has 1 aliphatic rings. The lowest BCUT2D eigenvalue weighted by Gasteiger charge is -2.39. The molecule has 2 aromatic carbocycles. The van der Waals surface area contributed by atoms with Gasteiger partial charge in [0, 0.05) is 63.3 Å². The van der Waals surface area contributed by atoms with Crippen LogP contribution in [0.1, 0.15) is 19.4 Å². The number of benzene rings is 2. The van der Waals surface area contributed by atoms with E-state index in [2.05, 4.69) is 38.8 Å². The van der Waals surface area contributed by atoms with Gasteiger partial charge < -0.3 is 39.1 Å². The van der Waals surface area contributed by atoms with Gasteiger partial charge in [-0.15, -0.1) is 0 Å². The van der Waals surface area contributed by atoms with Gasteiger partial charge in [0.05, 0.1) is 24.2 Å². The summed E-state index contributed by atoms with van der Waals surface area (Å²) in [6.07, 6.45) is 2.93. The molecule has 0 aliphatic carbocycles. The number of nitrogens with one attached hydrogen (secondary N) is 2. The number of methoxy groups -OCH3 is 1. The van der Waals surface area contributed by atoms with E-state index < -0.39 is 17.3 Å². The number of ether oxygens (including phenoxy) is 3. The van der Waals surface area contributed by atoms with Crippen LogP contribution in [-0.4, -0.2) is 83.5 Å². The van der Waals surface area contributed by atoms with Crippen LogP contribution in [-0.2, 0) is 16.0 Å². The van der Waals surface area contributed by atoms with E-state index in [1.54, 1.807) is 38.4 Å². The third-order valence-electron chi connectivity index (χ3n) is 7.59. The molecule has 1 aromatic heterocycles. The Morgan fingerprint density at radius 3 is 2.54 bits per heavy atom. The van der Waals surface area contributed by atoms with Crippen LogP contribution in [0.3, 0.4) is 0 Å². The van der Waals surface area contributed by atoms with Gasteiger partial charge in [-0.1, -0.05) is 6.58 Å². The summed E-state index contributed by atoms with van der Waals surface area (Å²) in [7, 11) is 9.15. The molecule has 1 atom stereocenters. The summed E-state index contributed by atoms with van der Waals surface area (Å²) in [5, 5.41) is 6.95. The summed E-state index contributed by atoms with van der Waals surface area (Å²) >= 11 is 0. The zero-order valence-electron chi connectivity index (χ0n) is 27.5. The van der Waals surface area contributed by atoms with Crippen LogP contribution in [0.2, 0.25) is 0 Å². The molecule has 0 bridgehead atoms. The molecule has 1 amide bonds. The first-order chi connectivity index (χ1) is 21.9. The van der Waals surface area contributed by atoms with Gasteiger partial charge in [0.15, 0.2) is 0 Å². The minimum atomic E-state index is -0.758. The van der Waals surface area contributed by atoms with Gasteiger partial charge in [0.1, 0.15) is 34.6 Å². The first kappa shape index (κ1) is 33.8. The van der Waals surface area contributed by atoms with Crippen molar-refractivity contribution in [3.05, 3.63) is 77.0 Å². The largest absolute Gasteiger partial charge is 0.494 e. The topological polar surface area (TPSA) is 130 Å². The fraction of sp³-hybridized carbons (Fsp3) is 0.353. The van der Waals surface area contributed by atoms with Crippen LogP contribution in [0.5, 0.6) is 11.5 Å². The van der Waals surface area contributed by atoms with E-state index in [0.29, 0.717) is 47.3 Å². The Hall–Kier alpha value is -5.10. The van der Waals surface area contributed by atoms with Crippen LogP contribution >= 0.6 is 0 Å². The van der Waals surface area contributed by atoms with E-state index >= 15 is 0 Å². The van der Waals surface area contributed by atoms with Crippen LogP contribution < -0.4 is 30.6 Å². The maximum atomic E-state index is 12.3. The average molecular weight is 631 g/mol. The number of carbonyl (C=O) groups is 1. The first-order valence-electron chi connectivity index (χ1n) is 14.7. The third kappa shape index (κ3) is 7.94. The lowest BCUT2D eigenvalue weighted by atomic mass is 9.90. The number of amidine groups is 1. The van der Waals surface area contributed by atoms with Gasteiger partial charge in [-0.2, -0.15) is 0 Å². The van der Waals surface area contributed by atoms with E-state index in [9.17, 15) is 9.59 Å². The number of anilines is 3. The number of hydrogen-bond donors (Lipinski definition) is 2. The van der Waals surface area contributed by atoms with Crippen molar-refractivity contribution < 1.29 is 23.4 Å². The summed E-state index contributed by atoms with van der Waals surface area (Å²) in [5.74, 6) is 1.46. The van der Waals surface area contributed by atoms with Crippen molar-refractivity contribution in [3.8, 4) is 11.5 Å². The Bertz CT molecular complexity index is 1740. The van der Waals surface area contributed by atoms with Gasteiger partial charge in [0.2, 0.25) is 11.8 Å². The van der Waals surface area contributed by atoms with E-state index in [4.69, 9.17) is 18.6 Å². The second-order valence-electron chi connectivity index (χ2n) is 11.6. The van der Waals surface area contributed by atoms with Crippen LogP contribution in [0.25, 0.3) is 11.0 Å². The summed E-state index contributed by atoms with van der Waals surface area (Å²) in [6, 6.07) is 10.4. The zero-order chi connectivity index (χ0) is 33.6. The fourth-order valence-electron chi connectivity index (χ4n) is 4.96. The molecular formula is C34H42N6O6. The molecule has 0 saturated heterocycles. The molecule has 3 aromatic rings. The molecule has 1 unspecified atom stereocenters. The summed E-state index contributed by atoms with van der Waals surface area (Å²) in [6.45, 7) is 12.7. The van der Waals surface area contributed by atoms with Crippen molar-refractivity contribution in [1.82, 2.24) is 4.90 Å². The average Bonchev–Trinajstić information content (AvgIpc) is 3.01. The highest BCUT2D eigenvalue weighted by Gasteiger charge is 2.39. The Balaban J connectivity index is 1.61. The molecule has 2 N–H and O–H groups in total. The maximum Gasteiger partial charge on any atom is 0.336 e. The van der Waals surface area contributed by atoms with Crippen molar-refractivity contribution in [3.63, 3.8) is 0 Å². The number of nitrogens with zero attached hydrogens (tertiary/aromatic N) is 4. The highest BCUT2D eigenvalue weighted by molar-refractivity contribution is 6.07. The van der Waals surface area contributed by atoms with Gasteiger partial charge in [-0.3, -0.25) is 9.79 Å². The Kier molecular flexibility index (Phi) is 10.5. The second kappa shape index (κ2) is 14.3. The molecule has 4 rings (SSSR count). The number of fused-ring (bicyclic) bond motifs is 2. The minimum absolute atomic E-state index is 0.226. The van der Waals surface area contributed by atoms with Crippen LogP contribution in [0.4, 0.5) is 17.1 Å². The predicted molar refractivity (Wildman–Crippen MR) is 184 cm³/mol. The van der Waals surface area contributed by atoms with Gasteiger partial charge in [0.25, 0.3) is 0 Å². The fourth-order valence-corrected chi connectivity index (χ4v) is 4.96. The van der Waals surface area contributed by atoms with E-state index in [1.807, 2.05) is 52.0 Å². The molecule has 12 heteroatoms. The van der Waals surface area contributed by atoms with Crippen LogP contribution in [0, 0.1) is 0 Å². The molecule has 12 nitrogen and oxygen atoms in total. The number of amides is 1. The van der Waals surface area contributed by atoms with Crippen molar-refractivity contribution >= 4 is 46.5 Å². The molecule has 0 radical (unpaired) electrons. The minimum Gasteiger partial charge on any atom is -0.494 e. The molecule has 1 aliphatic heterocycles. The Morgan fingerprint density at radius 2 is 1.89 bits per heavy atom. The molecule has 46 heavy (non-hydrogen) atoms. The quantitative estimate of drug-likeness (QED) is 0.0961. The van der Waals surface area contributed by atoms with Gasteiger partial charge >= 0.3 is 5.63 Å². The molecule has 0 fully saturated rings. The van der Waals surface area contributed by atoms with E-state index in [0.717, 1.165) is 23.2 Å². The van der Waals surface area contributed by atoms with Crippen molar-refractivity contribution in [1.29, 1.82) is 0 Å². The van der Waals surface area contributed by atoms with Crippen molar-refractivity contribution in [2.75, 3.05) is 63.9 Å². The van der Waals surface area contributed by atoms with Crippen molar-refractivity contribution in [2.45, 2.75) is 32.0 Å². The maximum absolute atomic E-state index is 12.3. The summed E-state index contributed by atoms with van der Waals surface area (Å²) in [4.78, 5) is 36.7. The zero-order valence-corrected chi connectivity index (χ0v) is 27.5. The lowest BCUT2D eigenvalue weighted by Crippen LogP contribution is -2.47. The van der Waals surface area contributed by atoms with Gasteiger partial charge in [-0.25, -0.2) is 9.79 Å². The number of likely N-dealkylation sites (N-methyl/N-ethyl adjacent to an activating group) is 2. The van der Waals surface area contributed by atoms with Crippen LogP contribution in [0.15, 0.2) is 80.2 Å². The van der Waals surface area contributed by atoms with Gasteiger partial charge in [-0.05, 0) is 64.5 Å². The molecule has 244 valence electrons. The molecular weight excluding hydrogens is 588 g/mol. The highest BCUT2D eigenvalue weighted by atomic mass is 16.6. The monoisotopic (exact) mass is 630 g/mol. The summed E-state index contributed by atoms with van der Waals surface area (Å²) in [5.41, 5.74) is 2.09. The normalized spacial score (nSPS) is 15.9.